The molecule has 1 heteroatoms. The van der Waals surface area contributed by atoms with E-state index >= 15 is 0 Å². The van der Waals surface area contributed by atoms with E-state index in [0.717, 1.165) is 0 Å². The minimum absolute atomic E-state index is 0.0259. The van der Waals surface area contributed by atoms with Gasteiger partial charge in [0.1, 0.15) is 0 Å². The van der Waals surface area contributed by atoms with Crippen LogP contribution >= 0.6 is 11.6 Å². The molecule has 0 amide bonds. The number of hydrogen-bond donors (Lipinski definition) is 0. The van der Waals surface area contributed by atoms with Crippen LogP contribution in [0.25, 0.3) is 0 Å². The Morgan fingerprint density at radius 3 is 2.00 bits per heavy atom. The van der Waals surface area contributed by atoms with Gasteiger partial charge in [-0.25, -0.2) is 0 Å². The van der Waals surface area contributed by atoms with Crippen LogP contribution in [0, 0.1) is 6.92 Å². The summed E-state index contributed by atoms with van der Waals surface area (Å²) in [6.45, 7) is 4.26. The first kappa shape index (κ1) is 12.2. The van der Waals surface area contributed by atoms with Crippen LogP contribution in [0.4, 0.5) is 0 Å². The van der Waals surface area contributed by atoms with Crippen LogP contribution in [0.5, 0.6) is 0 Å². The Morgan fingerprint density at radius 1 is 0.824 bits per heavy atom. The highest BCUT2D eigenvalue weighted by Gasteiger charge is 2.17. The maximum absolute atomic E-state index is 6.54. The summed E-state index contributed by atoms with van der Waals surface area (Å²) in [4.78, 5) is 0. The normalized spacial score (nSPS) is 14.3. The first-order valence-corrected chi connectivity index (χ1v) is 6.37. The fraction of sp³-hybridized carbons (Fsp3) is 0.250. The molecule has 0 nitrogen and oxygen atoms in total. The second-order valence-electron chi connectivity index (χ2n) is 4.51. The Kier molecular flexibility index (Phi) is 3.86. The van der Waals surface area contributed by atoms with Crippen LogP contribution in [0.1, 0.15) is 34.9 Å². The van der Waals surface area contributed by atoms with E-state index in [1.54, 1.807) is 0 Å². The molecule has 0 heterocycles. The zero-order valence-electron chi connectivity index (χ0n) is 10.2. The van der Waals surface area contributed by atoms with Crippen LogP contribution < -0.4 is 0 Å². The molecular formula is C16H17Cl. The lowest BCUT2D eigenvalue weighted by atomic mass is 9.93. The topological polar surface area (TPSA) is 0 Å². The molecule has 0 fully saturated rings. The van der Waals surface area contributed by atoms with Gasteiger partial charge in [-0.3, -0.25) is 0 Å². The quantitative estimate of drug-likeness (QED) is 0.661. The zero-order chi connectivity index (χ0) is 12.3. The number of aryl methyl sites for hydroxylation is 1. The molecule has 2 unspecified atom stereocenters. The fourth-order valence-corrected chi connectivity index (χ4v) is 2.26. The summed E-state index contributed by atoms with van der Waals surface area (Å²) >= 11 is 6.54. The SMILES string of the molecule is Cc1ccc(C(Cl)C(C)c2ccccc2)cc1. The predicted molar refractivity (Wildman–Crippen MR) is 74.6 cm³/mol. The lowest BCUT2D eigenvalue weighted by Gasteiger charge is -2.19. The molecule has 2 aromatic rings. The highest BCUT2D eigenvalue weighted by molar-refractivity contribution is 6.21. The third kappa shape index (κ3) is 2.89. The average Bonchev–Trinajstić information content (AvgIpc) is 2.39. The van der Waals surface area contributed by atoms with Crippen molar-refractivity contribution in [3.63, 3.8) is 0 Å². The van der Waals surface area contributed by atoms with Crippen molar-refractivity contribution >= 4 is 11.6 Å². The Hall–Kier alpha value is -1.27. The monoisotopic (exact) mass is 244 g/mol. The van der Waals surface area contributed by atoms with E-state index in [1.165, 1.54) is 16.7 Å². The summed E-state index contributed by atoms with van der Waals surface area (Å²) in [5.41, 5.74) is 3.74. The highest BCUT2D eigenvalue weighted by atomic mass is 35.5. The maximum Gasteiger partial charge on any atom is 0.0651 e. The summed E-state index contributed by atoms with van der Waals surface area (Å²) in [6.07, 6.45) is 0. The van der Waals surface area contributed by atoms with Gasteiger partial charge in [0, 0.05) is 5.92 Å². The molecule has 2 rings (SSSR count). The first-order chi connectivity index (χ1) is 8.18. The fourth-order valence-electron chi connectivity index (χ4n) is 1.96. The molecule has 0 radical (unpaired) electrons. The van der Waals surface area contributed by atoms with E-state index in [2.05, 4.69) is 62.4 Å². The van der Waals surface area contributed by atoms with Crippen LogP contribution in [0.3, 0.4) is 0 Å². The van der Waals surface area contributed by atoms with Crippen molar-refractivity contribution in [2.24, 2.45) is 0 Å². The van der Waals surface area contributed by atoms with E-state index in [-0.39, 0.29) is 5.38 Å². The molecule has 0 aliphatic carbocycles. The summed E-state index contributed by atoms with van der Waals surface area (Å²) < 4.78 is 0. The standard InChI is InChI=1S/C16H17Cl/c1-12-8-10-15(11-9-12)16(17)13(2)14-6-4-3-5-7-14/h3-11,13,16H,1-2H3. The Labute approximate surface area is 108 Å². The van der Waals surface area contributed by atoms with Gasteiger partial charge < -0.3 is 0 Å². The molecule has 0 aliphatic rings. The molecule has 0 spiro atoms. The van der Waals surface area contributed by atoms with Crippen molar-refractivity contribution < 1.29 is 0 Å². The number of hydrogen-bond acceptors (Lipinski definition) is 0. The summed E-state index contributed by atoms with van der Waals surface area (Å²) in [5.74, 6) is 0.320. The highest BCUT2D eigenvalue weighted by Crippen LogP contribution is 2.35. The lowest BCUT2D eigenvalue weighted by molar-refractivity contribution is 0.732. The van der Waals surface area contributed by atoms with E-state index in [1.807, 2.05) is 6.07 Å². The predicted octanol–water partition coefficient (Wildman–Crippen LogP) is 5.08. The molecule has 2 aromatic carbocycles. The van der Waals surface area contributed by atoms with Gasteiger partial charge in [0.2, 0.25) is 0 Å². The second-order valence-corrected chi connectivity index (χ2v) is 4.98. The molecule has 0 bridgehead atoms. The molecule has 17 heavy (non-hydrogen) atoms. The zero-order valence-corrected chi connectivity index (χ0v) is 11.0. The third-order valence-electron chi connectivity index (χ3n) is 3.16. The first-order valence-electron chi connectivity index (χ1n) is 5.94. The molecular weight excluding hydrogens is 228 g/mol. The molecule has 0 saturated carbocycles. The van der Waals surface area contributed by atoms with Gasteiger partial charge in [0.15, 0.2) is 0 Å². The Morgan fingerprint density at radius 2 is 1.41 bits per heavy atom. The van der Waals surface area contributed by atoms with Gasteiger partial charge in [0.05, 0.1) is 5.38 Å². The van der Waals surface area contributed by atoms with Crippen molar-refractivity contribution in [3.8, 4) is 0 Å². The van der Waals surface area contributed by atoms with E-state index in [4.69, 9.17) is 11.6 Å². The molecule has 0 aromatic heterocycles. The largest absolute Gasteiger partial charge is 0.117 e. The van der Waals surface area contributed by atoms with Crippen molar-refractivity contribution in [2.75, 3.05) is 0 Å². The number of halogens is 1. The lowest BCUT2D eigenvalue weighted by Crippen LogP contribution is -2.02. The van der Waals surface area contributed by atoms with Crippen molar-refractivity contribution in [3.05, 3.63) is 71.3 Å². The summed E-state index contributed by atoms with van der Waals surface area (Å²) in [7, 11) is 0. The third-order valence-corrected chi connectivity index (χ3v) is 3.79. The molecule has 0 aliphatic heterocycles. The minimum Gasteiger partial charge on any atom is -0.117 e. The number of rotatable bonds is 3. The van der Waals surface area contributed by atoms with E-state index in [0.29, 0.717) is 5.92 Å². The van der Waals surface area contributed by atoms with Gasteiger partial charge in [0.25, 0.3) is 0 Å². The van der Waals surface area contributed by atoms with Crippen molar-refractivity contribution in [1.29, 1.82) is 0 Å². The van der Waals surface area contributed by atoms with Gasteiger partial charge in [-0.1, -0.05) is 67.1 Å². The van der Waals surface area contributed by atoms with Crippen LogP contribution in [-0.4, -0.2) is 0 Å². The molecule has 0 saturated heterocycles. The van der Waals surface area contributed by atoms with Crippen molar-refractivity contribution in [2.45, 2.75) is 25.1 Å². The van der Waals surface area contributed by atoms with Crippen molar-refractivity contribution in [1.82, 2.24) is 0 Å². The second kappa shape index (κ2) is 5.37. The number of benzene rings is 2. The molecule has 88 valence electrons. The maximum atomic E-state index is 6.54. The number of alkyl halides is 1. The molecule has 0 N–H and O–H groups in total. The van der Waals surface area contributed by atoms with Gasteiger partial charge >= 0.3 is 0 Å². The summed E-state index contributed by atoms with van der Waals surface area (Å²) in [5, 5.41) is 0.0259. The van der Waals surface area contributed by atoms with Gasteiger partial charge in [-0.2, -0.15) is 0 Å². The average molecular weight is 245 g/mol. The van der Waals surface area contributed by atoms with Crippen LogP contribution in [0.15, 0.2) is 54.6 Å². The van der Waals surface area contributed by atoms with Gasteiger partial charge in [-0.05, 0) is 18.1 Å². The Balaban J connectivity index is 2.20. The van der Waals surface area contributed by atoms with Gasteiger partial charge in [-0.15, -0.1) is 11.6 Å². The molecule has 2 atom stereocenters. The van der Waals surface area contributed by atoms with E-state index in [9.17, 15) is 0 Å². The smallest absolute Gasteiger partial charge is 0.0651 e. The summed E-state index contributed by atoms with van der Waals surface area (Å²) in [6, 6.07) is 18.9. The Bertz CT molecular complexity index is 459. The minimum atomic E-state index is 0.0259. The van der Waals surface area contributed by atoms with Crippen LogP contribution in [0.2, 0.25) is 0 Å². The van der Waals surface area contributed by atoms with Crippen LogP contribution in [-0.2, 0) is 0 Å². The van der Waals surface area contributed by atoms with E-state index < -0.39 is 0 Å².